The highest BCUT2D eigenvalue weighted by molar-refractivity contribution is 6.30. The largest absolute Gasteiger partial charge is 0.480 e. The summed E-state index contributed by atoms with van der Waals surface area (Å²) in [6, 6.07) is 23.5. The van der Waals surface area contributed by atoms with Crippen molar-refractivity contribution in [3.8, 4) is 0 Å². The predicted octanol–water partition coefficient (Wildman–Crippen LogP) is 6.69. The monoisotopic (exact) mass is 611 g/mol. The minimum absolute atomic E-state index is 0.0965. The molecule has 3 N–H and O–H groups in total. The van der Waals surface area contributed by atoms with Gasteiger partial charge in [0, 0.05) is 30.0 Å². The van der Waals surface area contributed by atoms with Gasteiger partial charge in [-0.2, -0.15) is 0 Å². The van der Waals surface area contributed by atoms with E-state index in [4.69, 9.17) is 22.3 Å². The number of hydrogen-bond acceptors (Lipinski definition) is 6. The molecule has 228 valence electrons. The topological polar surface area (TPSA) is 113 Å². The van der Waals surface area contributed by atoms with Crippen LogP contribution in [0, 0.1) is 0 Å². The van der Waals surface area contributed by atoms with Gasteiger partial charge in [-0.3, -0.25) is 9.59 Å². The molecule has 1 aliphatic heterocycles. The van der Waals surface area contributed by atoms with E-state index in [-0.39, 0.29) is 12.6 Å². The summed E-state index contributed by atoms with van der Waals surface area (Å²) in [6.07, 6.45) is 4.68. The lowest BCUT2D eigenvalue weighted by Gasteiger charge is -2.27. The molecule has 1 aromatic heterocycles. The SMILES string of the molecule is CC(C)c1ccc(CCc2nc(N3CCC[C@@H]3c3ccc(Cl)cc3)ncc2C(=O)N(CC(=O)O)Cc2ccc(N)cc2)cc1. The Kier molecular flexibility index (Phi) is 9.80. The van der Waals surface area contributed by atoms with Gasteiger partial charge in [-0.15, -0.1) is 0 Å². The molecule has 44 heavy (non-hydrogen) atoms. The van der Waals surface area contributed by atoms with Crippen LogP contribution in [0.15, 0.2) is 79.0 Å². The summed E-state index contributed by atoms with van der Waals surface area (Å²) in [5, 5.41) is 10.4. The first-order chi connectivity index (χ1) is 21.2. The fourth-order valence-electron chi connectivity index (χ4n) is 5.66. The number of carboxylic acids is 1. The van der Waals surface area contributed by atoms with Crippen LogP contribution in [0.5, 0.6) is 0 Å². The van der Waals surface area contributed by atoms with Crippen LogP contribution >= 0.6 is 11.6 Å². The second-order valence-electron chi connectivity index (χ2n) is 11.6. The second kappa shape index (κ2) is 13.9. The molecule has 1 saturated heterocycles. The highest BCUT2D eigenvalue weighted by atomic mass is 35.5. The highest BCUT2D eigenvalue weighted by Crippen LogP contribution is 2.35. The molecule has 0 aliphatic carbocycles. The summed E-state index contributed by atoms with van der Waals surface area (Å²) in [5.41, 5.74) is 11.7. The zero-order chi connectivity index (χ0) is 31.2. The third-order valence-corrected chi connectivity index (χ3v) is 8.37. The summed E-state index contributed by atoms with van der Waals surface area (Å²) in [6.45, 7) is 4.79. The maximum atomic E-state index is 14.0. The molecule has 2 heterocycles. The normalized spacial score (nSPS) is 14.6. The smallest absolute Gasteiger partial charge is 0.323 e. The molecule has 1 aliphatic rings. The van der Waals surface area contributed by atoms with Crippen LogP contribution in [-0.4, -0.2) is 44.9 Å². The number of carbonyl (C=O) groups is 2. The number of hydrogen-bond donors (Lipinski definition) is 2. The van der Waals surface area contributed by atoms with Gasteiger partial charge in [0.15, 0.2) is 0 Å². The first kappa shape index (κ1) is 31.0. The van der Waals surface area contributed by atoms with Crippen LogP contribution in [0.1, 0.15) is 77.0 Å². The molecule has 0 unspecified atom stereocenters. The number of anilines is 2. The number of nitrogen functional groups attached to an aromatic ring is 1. The predicted molar refractivity (Wildman–Crippen MR) is 174 cm³/mol. The third kappa shape index (κ3) is 7.55. The Morgan fingerprint density at radius 2 is 1.68 bits per heavy atom. The third-order valence-electron chi connectivity index (χ3n) is 8.11. The van der Waals surface area contributed by atoms with E-state index in [0.717, 1.165) is 36.1 Å². The minimum atomic E-state index is -1.10. The molecular weight excluding hydrogens is 574 g/mol. The van der Waals surface area contributed by atoms with E-state index in [1.54, 1.807) is 30.5 Å². The first-order valence-electron chi connectivity index (χ1n) is 15.0. The average Bonchev–Trinajstić information content (AvgIpc) is 3.51. The number of benzene rings is 3. The van der Waals surface area contributed by atoms with Crippen molar-refractivity contribution in [1.82, 2.24) is 14.9 Å². The summed E-state index contributed by atoms with van der Waals surface area (Å²) in [5.74, 6) is -0.516. The molecule has 0 saturated carbocycles. The molecule has 4 aromatic rings. The van der Waals surface area contributed by atoms with Crippen LogP contribution in [0.2, 0.25) is 5.02 Å². The van der Waals surface area contributed by atoms with Gasteiger partial charge in [0.1, 0.15) is 6.54 Å². The number of carboxylic acid groups (broad SMARTS) is 1. The molecule has 5 rings (SSSR count). The van der Waals surface area contributed by atoms with Gasteiger partial charge in [-0.25, -0.2) is 9.97 Å². The van der Waals surface area contributed by atoms with Crippen molar-refractivity contribution in [2.24, 2.45) is 0 Å². The highest BCUT2D eigenvalue weighted by Gasteiger charge is 2.30. The molecule has 0 radical (unpaired) electrons. The lowest BCUT2D eigenvalue weighted by molar-refractivity contribution is -0.137. The number of nitrogens with zero attached hydrogens (tertiary/aromatic N) is 4. The van der Waals surface area contributed by atoms with Gasteiger partial charge in [0.2, 0.25) is 5.95 Å². The van der Waals surface area contributed by atoms with Crippen LogP contribution < -0.4 is 10.6 Å². The number of rotatable bonds is 11. The van der Waals surface area contributed by atoms with E-state index in [0.29, 0.717) is 46.7 Å². The van der Waals surface area contributed by atoms with Crippen LogP contribution in [0.4, 0.5) is 11.6 Å². The number of nitrogens with two attached hydrogens (primary N) is 1. The summed E-state index contributed by atoms with van der Waals surface area (Å²) < 4.78 is 0. The molecule has 8 nitrogen and oxygen atoms in total. The van der Waals surface area contributed by atoms with Crippen molar-refractivity contribution in [3.05, 3.63) is 118 Å². The minimum Gasteiger partial charge on any atom is -0.480 e. The molecular formula is C35H38ClN5O3. The number of aliphatic carboxylic acids is 1. The molecule has 1 atom stereocenters. The molecule has 0 spiro atoms. The van der Waals surface area contributed by atoms with Gasteiger partial charge in [-0.05, 0) is 78.1 Å². The first-order valence-corrected chi connectivity index (χ1v) is 15.4. The number of aromatic nitrogens is 2. The lowest BCUT2D eigenvalue weighted by atomic mass is 9.99. The van der Waals surface area contributed by atoms with Gasteiger partial charge >= 0.3 is 5.97 Å². The molecule has 1 amide bonds. The number of carbonyl (C=O) groups excluding carboxylic acids is 1. The van der Waals surface area contributed by atoms with Crippen molar-refractivity contribution in [2.45, 2.75) is 58.0 Å². The van der Waals surface area contributed by atoms with E-state index >= 15 is 0 Å². The van der Waals surface area contributed by atoms with Crippen molar-refractivity contribution >= 4 is 35.1 Å². The Morgan fingerprint density at radius 1 is 1.00 bits per heavy atom. The fraction of sp³-hybridized carbons (Fsp3) is 0.314. The van der Waals surface area contributed by atoms with Gasteiger partial charge in [0.25, 0.3) is 5.91 Å². The Labute approximate surface area is 263 Å². The summed E-state index contributed by atoms with van der Waals surface area (Å²) in [7, 11) is 0. The Hall–Kier alpha value is -4.43. The lowest BCUT2D eigenvalue weighted by Crippen LogP contribution is -2.36. The average molecular weight is 612 g/mol. The Bertz CT molecular complexity index is 1590. The van der Waals surface area contributed by atoms with Crippen LogP contribution in [0.3, 0.4) is 0 Å². The summed E-state index contributed by atoms with van der Waals surface area (Å²) >= 11 is 6.15. The standard InChI is InChI=1S/C35H38ClN5O3/c1-23(2)26-10-5-24(6-11-26)9-18-31-30(34(44)40(22-33(42)43)21-25-7-16-29(37)17-8-25)20-38-35(39-31)41-19-3-4-32(41)27-12-14-28(36)15-13-27/h5-8,10-17,20,23,32H,3-4,9,18-19,21-22,37H2,1-2H3,(H,42,43)/t32-/m1/s1. The maximum absolute atomic E-state index is 14.0. The van der Waals surface area contributed by atoms with Crippen molar-refractivity contribution in [3.63, 3.8) is 0 Å². The van der Waals surface area contributed by atoms with Gasteiger partial charge in [0.05, 0.1) is 17.3 Å². The molecule has 0 bridgehead atoms. The fourth-order valence-corrected chi connectivity index (χ4v) is 5.79. The van der Waals surface area contributed by atoms with Crippen molar-refractivity contribution in [2.75, 3.05) is 23.7 Å². The van der Waals surface area contributed by atoms with Gasteiger partial charge in [-0.1, -0.05) is 74.0 Å². The van der Waals surface area contributed by atoms with Crippen LogP contribution in [0.25, 0.3) is 0 Å². The molecule has 3 aromatic carbocycles. The molecule has 9 heteroatoms. The van der Waals surface area contributed by atoms with E-state index < -0.39 is 18.4 Å². The van der Waals surface area contributed by atoms with E-state index in [2.05, 4.69) is 48.0 Å². The zero-order valence-electron chi connectivity index (χ0n) is 25.1. The quantitative estimate of drug-likeness (QED) is 0.182. The van der Waals surface area contributed by atoms with Crippen LogP contribution in [-0.2, 0) is 24.2 Å². The molecule has 1 fully saturated rings. The van der Waals surface area contributed by atoms with Crippen molar-refractivity contribution < 1.29 is 14.7 Å². The van der Waals surface area contributed by atoms with E-state index in [1.807, 2.05) is 24.3 Å². The van der Waals surface area contributed by atoms with E-state index in [1.165, 1.54) is 10.5 Å². The number of amides is 1. The number of aryl methyl sites for hydroxylation is 2. The van der Waals surface area contributed by atoms with Gasteiger partial charge < -0.3 is 20.6 Å². The Morgan fingerprint density at radius 3 is 2.34 bits per heavy atom. The maximum Gasteiger partial charge on any atom is 0.323 e. The second-order valence-corrected chi connectivity index (χ2v) is 12.1. The summed E-state index contributed by atoms with van der Waals surface area (Å²) in [4.78, 5) is 39.0. The Balaban J connectivity index is 1.47. The van der Waals surface area contributed by atoms with Crippen molar-refractivity contribution in [1.29, 1.82) is 0 Å². The van der Waals surface area contributed by atoms with E-state index in [9.17, 15) is 14.7 Å². The number of halogens is 1. The zero-order valence-corrected chi connectivity index (χ0v) is 25.9.